The van der Waals surface area contributed by atoms with Crippen molar-refractivity contribution in [3.05, 3.63) is 140 Å². The molecule has 0 radical (unpaired) electrons. The van der Waals surface area contributed by atoms with Gasteiger partial charge in [-0.15, -0.1) is 0 Å². The first-order valence-corrected chi connectivity index (χ1v) is 17.6. The highest BCUT2D eigenvalue weighted by Crippen LogP contribution is 2.42. The molecule has 4 aromatic rings. The number of hydrogen-bond donors (Lipinski definition) is 0. The first-order chi connectivity index (χ1) is 22.6. The summed E-state index contributed by atoms with van der Waals surface area (Å²) in [4.78, 5) is 0. The van der Waals surface area contributed by atoms with E-state index in [1.54, 1.807) is 24.3 Å². The van der Waals surface area contributed by atoms with Crippen molar-refractivity contribution in [1.82, 2.24) is 0 Å². The molecule has 47 heavy (non-hydrogen) atoms. The Morgan fingerprint density at radius 1 is 0.574 bits per heavy atom. The number of benzene rings is 4. The van der Waals surface area contributed by atoms with E-state index in [-0.39, 0.29) is 11.1 Å². The third kappa shape index (κ3) is 6.68. The van der Waals surface area contributed by atoms with Gasteiger partial charge >= 0.3 is 0 Å². The van der Waals surface area contributed by atoms with Crippen molar-refractivity contribution in [2.24, 2.45) is 0 Å². The van der Waals surface area contributed by atoms with Crippen LogP contribution in [-0.2, 0) is 21.3 Å². The Morgan fingerprint density at radius 3 is 1.23 bits per heavy atom. The van der Waals surface area contributed by atoms with Crippen LogP contribution in [-0.4, -0.2) is 8.42 Å². The van der Waals surface area contributed by atoms with Crippen LogP contribution < -0.4 is 0 Å². The van der Waals surface area contributed by atoms with E-state index >= 15 is 8.78 Å². The highest BCUT2D eigenvalue weighted by atomic mass is 32.2. The first-order valence-electron chi connectivity index (χ1n) is 15.8. The van der Waals surface area contributed by atoms with Crippen molar-refractivity contribution in [3.8, 4) is 12.1 Å². The highest BCUT2D eigenvalue weighted by molar-refractivity contribution is 7.89. The van der Waals surface area contributed by atoms with Gasteiger partial charge in [-0.25, -0.2) is 17.2 Å². The molecule has 7 heteroatoms. The Bertz CT molecular complexity index is 2030. The van der Waals surface area contributed by atoms with E-state index in [4.69, 9.17) is 0 Å². The van der Waals surface area contributed by atoms with Gasteiger partial charge in [0.15, 0.2) is 9.84 Å². The molecule has 0 atom stereocenters. The molecule has 2 aliphatic carbocycles. The minimum absolute atomic E-state index is 0.0543. The van der Waals surface area contributed by atoms with E-state index in [2.05, 4.69) is 12.1 Å². The Kier molecular flexibility index (Phi) is 8.95. The van der Waals surface area contributed by atoms with Crippen molar-refractivity contribution in [1.29, 1.82) is 10.5 Å². The van der Waals surface area contributed by atoms with Crippen LogP contribution in [0.25, 0.3) is 22.3 Å². The van der Waals surface area contributed by atoms with Gasteiger partial charge in [0.1, 0.15) is 11.6 Å². The Labute approximate surface area is 275 Å². The fourth-order valence-electron chi connectivity index (χ4n) is 6.94. The van der Waals surface area contributed by atoms with E-state index in [1.807, 2.05) is 38.1 Å². The quantitative estimate of drug-likeness (QED) is 0.191. The molecular formula is C40H34F2N2O2S. The molecule has 0 bridgehead atoms. The van der Waals surface area contributed by atoms with Gasteiger partial charge in [-0.1, -0.05) is 48.5 Å². The summed E-state index contributed by atoms with van der Waals surface area (Å²) in [5, 5.41) is 18.6. The summed E-state index contributed by atoms with van der Waals surface area (Å²) in [5.41, 5.74) is 10.9. The maximum Gasteiger partial charge on any atom is 0.158 e. The average molecular weight is 645 g/mol. The van der Waals surface area contributed by atoms with E-state index in [1.165, 1.54) is 24.3 Å². The molecule has 0 aromatic heterocycles. The molecule has 6 rings (SSSR count). The molecule has 0 amide bonds. The predicted octanol–water partition coefficient (Wildman–Crippen LogP) is 9.63. The summed E-state index contributed by atoms with van der Waals surface area (Å²) in [7, 11) is -3.88. The molecule has 0 N–H and O–H groups in total. The van der Waals surface area contributed by atoms with Crippen molar-refractivity contribution in [3.63, 3.8) is 0 Å². The van der Waals surface area contributed by atoms with Crippen molar-refractivity contribution in [2.45, 2.75) is 63.9 Å². The second-order valence-electron chi connectivity index (χ2n) is 12.5. The molecule has 236 valence electrons. The van der Waals surface area contributed by atoms with Crippen LogP contribution >= 0.6 is 0 Å². The van der Waals surface area contributed by atoms with Crippen LogP contribution in [0.5, 0.6) is 0 Å². The summed E-state index contributed by atoms with van der Waals surface area (Å²) >= 11 is 0. The number of hydrogen-bond acceptors (Lipinski definition) is 4. The van der Waals surface area contributed by atoms with Crippen LogP contribution in [0.3, 0.4) is 0 Å². The molecule has 0 unspecified atom stereocenters. The summed E-state index contributed by atoms with van der Waals surface area (Å²) in [6.07, 6.45) is 5.12. The average Bonchev–Trinajstić information content (AvgIpc) is 3.74. The molecule has 0 spiro atoms. The number of nitriles is 2. The SMILES string of the molecule is Cc1cc(C2=C(c3ccc(CS(=O)(=O)Cc4ccc(C5=C(c6ccc(C#N)c(C)c6)CCC5)cc4F)c(F)c3)CCC2)ccc1C#N. The summed E-state index contributed by atoms with van der Waals surface area (Å²) in [6.45, 7) is 3.80. The van der Waals surface area contributed by atoms with Gasteiger partial charge in [0, 0.05) is 11.1 Å². The molecule has 0 fully saturated rings. The molecule has 2 aliphatic rings. The lowest BCUT2D eigenvalue weighted by Gasteiger charge is -2.13. The lowest BCUT2D eigenvalue weighted by molar-refractivity contribution is 0.580. The van der Waals surface area contributed by atoms with Gasteiger partial charge in [-0.05, 0) is 132 Å². The minimum Gasteiger partial charge on any atom is -0.228 e. The van der Waals surface area contributed by atoms with Gasteiger partial charge in [0.25, 0.3) is 0 Å². The van der Waals surface area contributed by atoms with Crippen LogP contribution in [0.1, 0.15) is 94.2 Å². The van der Waals surface area contributed by atoms with Crippen LogP contribution in [0.4, 0.5) is 8.78 Å². The number of nitrogens with zero attached hydrogens (tertiary/aromatic N) is 2. The Morgan fingerprint density at radius 2 is 0.915 bits per heavy atom. The summed E-state index contributed by atoms with van der Waals surface area (Å²) in [5.74, 6) is -2.27. The smallest absolute Gasteiger partial charge is 0.158 e. The zero-order valence-corrected chi connectivity index (χ0v) is 27.3. The normalized spacial score (nSPS) is 14.9. The van der Waals surface area contributed by atoms with Gasteiger partial charge in [-0.2, -0.15) is 10.5 Å². The fourth-order valence-corrected chi connectivity index (χ4v) is 8.46. The van der Waals surface area contributed by atoms with Gasteiger partial charge in [0.2, 0.25) is 0 Å². The third-order valence-electron chi connectivity index (χ3n) is 9.38. The van der Waals surface area contributed by atoms with Crippen molar-refractivity contribution >= 4 is 32.1 Å². The molecule has 0 saturated carbocycles. The van der Waals surface area contributed by atoms with Gasteiger partial charge < -0.3 is 0 Å². The number of aryl methyl sites for hydroxylation is 2. The molecule has 0 saturated heterocycles. The van der Waals surface area contributed by atoms with Crippen molar-refractivity contribution < 1.29 is 17.2 Å². The number of sulfone groups is 1. The third-order valence-corrected chi connectivity index (χ3v) is 10.9. The van der Waals surface area contributed by atoms with Crippen LogP contribution in [0.15, 0.2) is 72.8 Å². The monoisotopic (exact) mass is 644 g/mol. The number of rotatable bonds is 8. The highest BCUT2D eigenvalue weighted by Gasteiger charge is 2.23. The zero-order valence-electron chi connectivity index (χ0n) is 26.5. The molecular weight excluding hydrogens is 611 g/mol. The summed E-state index contributed by atoms with van der Waals surface area (Å²) < 4.78 is 57.2. The van der Waals surface area contributed by atoms with Crippen LogP contribution in [0.2, 0.25) is 0 Å². The zero-order chi connectivity index (χ0) is 33.3. The van der Waals surface area contributed by atoms with E-state index < -0.39 is 33.0 Å². The second kappa shape index (κ2) is 13.1. The Hall–Kier alpha value is -4.85. The van der Waals surface area contributed by atoms with Crippen LogP contribution in [0, 0.1) is 48.1 Å². The van der Waals surface area contributed by atoms with E-state index in [0.717, 1.165) is 94.2 Å². The lowest BCUT2D eigenvalue weighted by atomic mass is 9.94. The Balaban J connectivity index is 1.20. The molecule has 4 aromatic carbocycles. The van der Waals surface area contributed by atoms with Gasteiger partial charge in [-0.3, -0.25) is 0 Å². The van der Waals surface area contributed by atoms with E-state index in [9.17, 15) is 18.9 Å². The summed E-state index contributed by atoms with van der Waals surface area (Å²) in [6, 6.07) is 25.2. The minimum atomic E-state index is -3.88. The fraction of sp³-hybridized carbons (Fsp3) is 0.250. The molecule has 0 aliphatic heterocycles. The number of halogens is 2. The maximum atomic E-state index is 15.4. The molecule has 4 nitrogen and oxygen atoms in total. The van der Waals surface area contributed by atoms with Crippen molar-refractivity contribution in [2.75, 3.05) is 0 Å². The second-order valence-corrected chi connectivity index (χ2v) is 14.6. The lowest BCUT2D eigenvalue weighted by Crippen LogP contribution is -2.10. The number of allylic oxidation sites excluding steroid dienone is 4. The largest absolute Gasteiger partial charge is 0.228 e. The maximum absolute atomic E-state index is 15.4. The predicted molar refractivity (Wildman–Crippen MR) is 182 cm³/mol. The topological polar surface area (TPSA) is 81.7 Å². The standard InChI is InChI=1S/C40H34F2N2O2S/c1-25-17-27(9-13-31(25)21-43)35-5-3-7-37(35)29-11-15-33(39(41)19-29)23-47(45,46)24-34-16-12-30(20-40(34)42)38-8-4-6-36(38)28-10-14-32(22-44)26(2)18-28/h9-20H,3-8,23-24H2,1-2H3. The van der Waals surface area contributed by atoms with Gasteiger partial charge in [0.05, 0.1) is 34.8 Å². The first kappa shape index (κ1) is 32.1. The van der Waals surface area contributed by atoms with E-state index in [0.29, 0.717) is 11.1 Å². The molecule has 0 heterocycles.